The van der Waals surface area contributed by atoms with Crippen LogP contribution in [0.3, 0.4) is 0 Å². The van der Waals surface area contributed by atoms with Crippen LogP contribution in [0.5, 0.6) is 0 Å². The molecule has 0 bridgehead atoms. The minimum absolute atomic E-state index is 0.362. The van der Waals surface area contributed by atoms with E-state index in [1.165, 1.54) is 68.2 Å². The van der Waals surface area contributed by atoms with Crippen molar-refractivity contribution in [1.82, 2.24) is 4.90 Å². The first kappa shape index (κ1) is 19.2. The molecule has 0 radical (unpaired) electrons. The summed E-state index contributed by atoms with van der Waals surface area (Å²) in [5.41, 5.74) is 4.30. The van der Waals surface area contributed by atoms with Crippen molar-refractivity contribution in [2.45, 2.75) is 89.5 Å². The number of hydrogen-bond acceptors (Lipinski definition) is 2. The van der Waals surface area contributed by atoms with E-state index >= 15 is 0 Å². The molecule has 2 aromatic rings. The average molecular weight is 389 g/mol. The summed E-state index contributed by atoms with van der Waals surface area (Å²) in [4.78, 5) is 5.78. The smallest absolute Gasteiger partial charge is 0.109 e. The Kier molecular flexibility index (Phi) is 5.39. The fourth-order valence-corrected chi connectivity index (χ4v) is 6.69. The molecule has 2 heteroatoms. The maximum atomic E-state index is 3.00. The zero-order valence-corrected chi connectivity index (χ0v) is 18.1. The van der Waals surface area contributed by atoms with E-state index in [2.05, 4.69) is 78.2 Å². The van der Waals surface area contributed by atoms with Crippen LogP contribution in [0, 0.1) is 12.8 Å². The Balaban J connectivity index is 1.64. The Hall–Kier alpha value is -1.80. The number of nitrogens with zero attached hydrogens (tertiary/aromatic N) is 2. The van der Waals surface area contributed by atoms with E-state index in [1.54, 1.807) is 0 Å². The van der Waals surface area contributed by atoms with Gasteiger partial charge in [-0.1, -0.05) is 74.2 Å². The molecule has 3 fully saturated rings. The highest BCUT2D eigenvalue weighted by Gasteiger charge is 2.51. The van der Waals surface area contributed by atoms with Gasteiger partial charge in [0.15, 0.2) is 0 Å². The summed E-state index contributed by atoms with van der Waals surface area (Å²) in [6, 6.07) is 22.3. The zero-order valence-electron chi connectivity index (χ0n) is 18.1. The molecule has 1 aliphatic heterocycles. The molecule has 1 saturated heterocycles. The van der Waals surface area contributed by atoms with Crippen LogP contribution >= 0.6 is 0 Å². The molecular weight excluding hydrogens is 352 g/mol. The van der Waals surface area contributed by atoms with Crippen molar-refractivity contribution >= 4 is 5.69 Å². The normalized spacial score (nSPS) is 29.2. The van der Waals surface area contributed by atoms with Crippen molar-refractivity contribution in [2.24, 2.45) is 5.92 Å². The van der Waals surface area contributed by atoms with Gasteiger partial charge in [0.25, 0.3) is 0 Å². The molecule has 0 aromatic heterocycles. The summed E-state index contributed by atoms with van der Waals surface area (Å²) >= 11 is 0. The van der Waals surface area contributed by atoms with Crippen LogP contribution in [0.4, 0.5) is 5.69 Å². The van der Waals surface area contributed by atoms with Gasteiger partial charge in [-0.3, -0.25) is 4.90 Å². The SMILES string of the molecule is Cc1ccccc1N1C(c2ccccc2)N(C2CCCC2)C(C2CCCC2)[C@@H]1C. The zero-order chi connectivity index (χ0) is 19.8. The third-order valence-electron chi connectivity index (χ3n) is 7.94. The summed E-state index contributed by atoms with van der Waals surface area (Å²) < 4.78 is 0. The summed E-state index contributed by atoms with van der Waals surface area (Å²) in [6.45, 7) is 4.80. The topological polar surface area (TPSA) is 6.48 Å². The molecule has 2 nitrogen and oxygen atoms in total. The van der Waals surface area contributed by atoms with Gasteiger partial charge in [0, 0.05) is 23.8 Å². The quantitative estimate of drug-likeness (QED) is 0.574. The fraction of sp³-hybridized carbons (Fsp3) is 0.556. The molecular formula is C27H36N2. The molecule has 0 spiro atoms. The van der Waals surface area contributed by atoms with Crippen LogP contribution in [0.1, 0.15) is 75.6 Å². The number of rotatable bonds is 4. The van der Waals surface area contributed by atoms with Crippen LogP contribution in [0.2, 0.25) is 0 Å². The number of anilines is 1. The van der Waals surface area contributed by atoms with Gasteiger partial charge in [0.1, 0.15) is 6.17 Å². The van der Waals surface area contributed by atoms with E-state index in [0.717, 1.165) is 12.0 Å². The predicted molar refractivity (Wildman–Crippen MR) is 122 cm³/mol. The van der Waals surface area contributed by atoms with Gasteiger partial charge in [0.05, 0.1) is 0 Å². The highest BCUT2D eigenvalue weighted by Crippen LogP contribution is 2.49. The van der Waals surface area contributed by atoms with Crippen molar-refractivity contribution in [3.05, 3.63) is 65.7 Å². The van der Waals surface area contributed by atoms with Crippen molar-refractivity contribution in [3.63, 3.8) is 0 Å². The molecule has 2 aliphatic carbocycles. The van der Waals surface area contributed by atoms with Crippen LogP contribution in [-0.2, 0) is 0 Å². The van der Waals surface area contributed by atoms with Gasteiger partial charge >= 0.3 is 0 Å². The van der Waals surface area contributed by atoms with Gasteiger partial charge in [-0.2, -0.15) is 0 Å². The molecule has 2 saturated carbocycles. The van der Waals surface area contributed by atoms with Crippen LogP contribution in [0.15, 0.2) is 54.6 Å². The predicted octanol–water partition coefficient (Wildman–Crippen LogP) is 6.71. The lowest BCUT2D eigenvalue weighted by Gasteiger charge is -2.39. The van der Waals surface area contributed by atoms with Gasteiger partial charge in [0.2, 0.25) is 0 Å². The Morgan fingerprint density at radius 3 is 2.07 bits per heavy atom. The van der Waals surface area contributed by atoms with Gasteiger partial charge < -0.3 is 4.90 Å². The Labute approximate surface area is 176 Å². The van der Waals surface area contributed by atoms with Gasteiger partial charge in [-0.25, -0.2) is 0 Å². The van der Waals surface area contributed by atoms with E-state index in [0.29, 0.717) is 18.2 Å². The molecule has 3 aliphatic rings. The number of para-hydroxylation sites is 1. The Morgan fingerprint density at radius 2 is 1.38 bits per heavy atom. The first-order chi connectivity index (χ1) is 14.3. The van der Waals surface area contributed by atoms with E-state index in [-0.39, 0.29) is 0 Å². The summed E-state index contributed by atoms with van der Waals surface area (Å²) in [5, 5.41) is 0. The lowest BCUT2D eigenvalue weighted by atomic mass is 9.91. The molecule has 0 amide bonds. The molecule has 0 N–H and O–H groups in total. The number of benzene rings is 2. The van der Waals surface area contributed by atoms with Crippen molar-refractivity contribution in [1.29, 1.82) is 0 Å². The van der Waals surface area contributed by atoms with Crippen LogP contribution in [-0.4, -0.2) is 23.0 Å². The van der Waals surface area contributed by atoms with Crippen LogP contribution in [0.25, 0.3) is 0 Å². The Morgan fingerprint density at radius 1 is 0.759 bits per heavy atom. The summed E-state index contributed by atoms with van der Waals surface area (Å²) in [7, 11) is 0. The largest absolute Gasteiger partial charge is 0.347 e. The highest BCUT2D eigenvalue weighted by molar-refractivity contribution is 5.57. The van der Waals surface area contributed by atoms with E-state index in [1.807, 2.05) is 0 Å². The van der Waals surface area contributed by atoms with Crippen molar-refractivity contribution < 1.29 is 0 Å². The highest BCUT2D eigenvalue weighted by atomic mass is 15.5. The molecule has 1 heterocycles. The third-order valence-corrected chi connectivity index (χ3v) is 7.94. The number of hydrogen-bond donors (Lipinski definition) is 0. The van der Waals surface area contributed by atoms with E-state index in [4.69, 9.17) is 0 Å². The minimum Gasteiger partial charge on any atom is -0.347 e. The molecule has 154 valence electrons. The maximum Gasteiger partial charge on any atom is 0.109 e. The Bertz CT molecular complexity index is 804. The number of aryl methyl sites for hydroxylation is 1. The molecule has 2 unspecified atom stereocenters. The van der Waals surface area contributed by atoms with Crippen molar-refractivity contribution in [2.75, 3.05) is 4.90 Å². The molecule has 3 atom stereocenters. The van der Waals surface area contributed by atoms with E-state index in [9.17, 15) is 0 Å². The monoisotopic (exact) mass is 388 g/mol. The second-order valence-corrected chi connectivity index (χ2v) is 9.64. The van der Waals surface area contributed by atoms with E-state index < -0.39 is 0 Å². The minimum atomic E-state index is 0.362. The first-order valence-corrected chi connectivity index (χ1v) is 11.9. The lowest BCUT2D eigenvalue weighted by molar-refractivity contribution is 0.0916. The third kappa shape index (κ3) is 3.40. The van der Waals surface area contributed by atoms with Crippen LogP contribution < -0.4 is 4.90 Å². The molecule has 29 heavy (non-hydrogen) atoms. The van der Waals surface area contributed by atoms with Crippen molar-refractivity contribution in [3.8, 4) is 0 Å². The standard InChI is InChI=1S/C27H36N2/c1-20-12-6-11-19-25(20)28-21(2)26(22-13-7-8-14-22)29(24-17-9-10-18-24)27(28)23-15-4-3-5-16-23/h3-6,11-12,15-16,19,21-22,24,26-27H,7-10,13-14,17-18H2,1-2H3/t21-,26?,27?/m0/s1. The van der Waals surface area contributed by atoms with Gasteiger partial charge in [-0.15, -0.1) is 0 Å². The fourth-order valence-electron chi connectivity index (χ4n) is 6.69. The summed E-state index contributed by atoms with van der Waals surface area (Å²) in [5.74, 6) is 0.853. The molecule has 5 rings (SSSR count). The summed E-state index contributed by atoms with van der Waals surface area (Å²) in [6.07, 6.45) is 11.6. The van der Waals surface area contributed by atoms with Gasteiger partial charge in [-0.05, 0) is 62.6 Å². The lowest BCUT2D eigenvalue weighted by Crippen LogP contribution is -2.45. The second kappa shape index (κ2) is 8.14. The molecule has 2 aromatic carbocycles. The first-order valence-electron chi connectivity index (χ1n) is 11.9. The second-order valence-electron chi connectivity index (χ2n) is 9.64. The maximum absolute atomic E-state index is 3.00. The average Bonchev–Trinajstić information content (AvgIpc) is 3.49.